The van der Waals surface area contributed by atoms with Crippen LogP contribution in [0.15, 0.2) is 10.6 Å². The first kappa shape index (κ1) is 13.2. The van der Waals surface area contributed by atoms with Crippen LogP contribution in [0.25, 0.3) is 0 Å². The van der Waals surface area contributed by atoms with Crippen molar-refractivity contribution >= 4 is 0 Å². The first-order valence-corrected chi connectivity index (χ1v) is 6.01. The molecule has 1 aromatic heterocycles. The van der Waals surface area contributed by atoms with E-state index in [1.165, 1.54) is 0 Å². The molecule has 3 nitrogen and oxygen atoms in total. The van der Waals surface area contributed by atoms with Crippen molar-refractivity contribution in [3.8, 4) is 0 Å². The molecular weight excluding hydrogens is 200 g/mol. The van der Waals surface area contributed by atoms with Gasteiger partial charge in [-0.05, 0) is 18.4 Å². The van der Waals surface area contributed by atoms with Crippen LogP contribution in [0.5, 0.6) is 0 Å². The van der Waals surface area contributed by atoms with Gasteiger partial charge in [0.2, 0.25) is 0 Å². The number of aromatic nitrogens is 1. The van der Waals surface area contributed by atoms with Gasteiger partial charge in [0.25, 0.3) is 0 Å². The van der Waals surface area contributed by atoms with Crippen molar-refractivity contribution in [3.63, 3.8) is 0 Å². The van der Waals surface area contributed by atoms with Crippen molar-refractivity contribution < 1.29 is 4.42 Å². The van der Waals surface area contributed by atoms with Crippen molar-refractivity contribution in [3.05, 3.63) is 17.8 Å². The van der Waals surface area contributed by atoms with E-state index in [0.29, 0.717) is 11.3 Å². The molecule has 0 fully saturated rings. The van der Waals surface area contributed by atoms with Gasteiger partial charge in [0.15, 0.2) is 5.89 Å². The second-order valence-corrected chi connectivity index (χ2v) is 5.55. The normalized spacial score (nSPS) is 14.1. The van der Waals surface area contributed by atoms with Crippen LogP contribution in [0.2, 0.25) is 0 Å². The number of likely N-dealkylation sites (N-methyl/N-ethyl adjacent to an activating group) is 1. The molecule has 16 heavy (non-hydrogen) atoms. The van der Waals surface area contributed by atoms with Gasteiger partial charge in [-0.25, -0.2) is 4.98 Å². The number of nitrogens with one attached hydrogen (secondary N) is 1. The Kier molecular flexibility index (Phi) is 4.54. The second kappa shape index (κ2) is 5.48. The molecule has 0 amide bonds. The molecule has 0 aromatic carbocycles. The molecule has 92 valence electrons. The highest BCUT2D eigenvalue weighted by atomic mass is 16.4. The molecule has 1 heterocycles. The Balaban J connectivity index is 2.52. The van der Waals surface area contributed by atoms with Gasteiger partial charge in [-0.1, -0.05) is 27.7 Å². The molecule has 0 radical (unpaired) electrons. The van der Waals surface area contributed by atoms with E-state index in [-0.39, 0.29) is 0 Å². The van der Waals surface area contributed by atoms with E-state index >= 15 is 0 Å². The van der Waals surface area contributed by atoms with Crippen molar-refractivity contribution in [1.29, 1.82) is 0 Å². The number of rotatable bonds is 5. The lowest BCUT2D eigenvalue weighted by Gasteiger charge is -2.26. The summed E-state index contributed by atoms with van der Waals surface area (Å²) in [7, 11) is 1.94. The number of oxazole rings is 1. The lowest BCUT2D eigenvalue weighted by molar-refractivity contribution is 0.246. The molecule has 1 aromatic rings. The van der Waals surface area contributed by atoms with E-state index in [2.05, 4.69) is 38.0 Å². The van der Waals surface area contributed by atoms with Crippen LogP contribution in [0, 0.1) is 11.3 Å². The van der Waals surface area contributed by atoms with Crippen molar-refractivity contribution in [2.45, 2.75) is 40.5 Å². The summed E-state index contributed by atoms with van der Waals surface area (Å²) in [6.07, 6.45) is 3.70. The summed E-state index contributed by atoms with van der Waals surface area (Å²) in [4.78, 5) is 4.28. The predicted octanol–water partition coefficient (Wildman–Crippen LogP) is 2.66. The van der Waals surface area contributed by atoms with E-state index in [4.69, 9.17) is 4.42 Å². The van der Waals surface area contributed by atoms with Gasteiger partial charge in [0, 0.05) is 19.4 Å². The highest BCUT2D eigenvalue weighted by Crippen LogP contribution is 2.28. The van der Waals surface area contributed by atoms with Gasteiger partial charge in [0.1, 0.15) is 5.76 Å². The maximum atomic E-state index is 5.70. The quantitative estimate of drug-likeness (QED) is 0.835. The first-order chi connectivity index (χ1) is 7.43. The fourth-order valence-corrected chi connectivity index (χ4v) is 1.40. The fraction of sp³-hybridized carbons (Fsp3) is 0.769. The highest BCUT2D eigenvalue weighted by molar-refractivity contribution is 4.97. The Morgan fingerprint density at radius 3 is 2.69 bits per heavy atom. The SMILES string of the molecule is CNCCc1ncc(CC(C)C(C)(C)C)o1. The summed E-state index contributed by atoms with van der Waals surface area (Å²) in [5.41, 5.74) is 0.317. The van der Waals surface area contributed by atoms with Crippen molar-refractivity contribution in [2.75, 3.05) is 13.6 Å². The second-order valence-electron chi connectivity index (χ2n) is 5.55. The monoisotopic (exact) mass is 224 g/mol. The van der Waals surface area contributed by atoms with E-state index < -0.39 is 0 Å². The molecule has 1 atom stereocenters. The summed E-state index contributed by atoms with van der Waals surface area (Å²) in [6.45, 7) is 9.95. The molecule has 0 saturated heterocycles. The largest absolute Gasteiger partial charge is 0.446 e. The van der Waals surface area contributed by atoms with Gasteiger partial charge < -0.3 is 9.73 Å². The van der Waals surface area contributed by atoms with Crippen LogP contribution in [0.1, 0.15) is 39.3 Å². The summed E-state index contributed by atoms with van der Waals surface area (Å²) < 4.78 is 5.70. The number of nitrogens with zero attached hydrogens (tertiary/aromatic N) is 1. The third-order valence-corrected chi connectivity index (χ3v) is 3.18. The molecule has 0 aliphatic carbocycles. The first-order valence-electron chi connectivity index (χ1n) is 6.01. The molecule has 0 spiro atoms. The molecule has 0 aliphatic heterocycles. The van der Waals surface area contributed by atoms with Gasteiger partial charge in [-0.2, -0.15) is 0 Å². The zero-order valence-electron chi connectivity index (χ0n) is 11.1. The van der Waals surface area contributed by atoms with E-state index in [0.717, 1.165) is 31.0 Å². The summed E-state index contributed by atoms with van der Waals surface area (Å²) in [6, 6.07) is 0. The molecule has 1 N–H and O–H groups in total. The summed E-state index contributed by atoms with van der Waals surface area (Å²) in [5, 5.41) is 3.09. The Morgan fingerprint density at radius 2 is 2.12 bits per heavy atom. The summed E-state index contributed by atoms with van der Waals surface area (Å²) in [5.74, 6) is 2.44. The molecule has 1 rings (SSSR count). The number of hydrogen-bond acceptors (Lipinski definition) is 3. The molecule has 0 saturated carbocycles. The zero-order chi connectivity index (χ0) is 12.2. The van der Waals surface area contributed by atoms with E-state index in [1.54, 1.807) is 0 Å². The average Bonchev–Trinajstić information content (AvgIpc) is 2.61. The maximum absolute atomic E-state index is 5.70. The summed E-state index contributed by atoms with van der Waals surface area (Å²) >= 11 is 0. The Labute approximate surface area is 98.6 Å². The van der Waals surface area contributed by atoms with Crippen molar-refractivity contribution in [2.24, 2.45) is 11.3 Å². The van der Waals surface area contributed by atoms with Crippen LogP contribution < -0.4 is 5.32 Å². The van der Waals surface area contributed by atoms with Crippen LogP contribution in [-0.4, -0.2) is 18.6 Å². The van der Waals surface area contributed by atoms with Crippen LogP contribution in [0.3, 0.4) is 0 Å². The molecule has 3 heteroatoms. The number of hydrogen-bond donors (Lipinski definition) is 1. The fourth-order valence-electron chi connectivity index (χ4n) is 1.40. The zero-order valence-corrected chi connectivity index (χ0v) is 11.1. The molecular formula is C13H24N2O. The Bertz CT molecular complexity index is 312. The van der Waals surface area contributed by atoms with Gasteiger partial charge in [-0.3, -0.25) is 0 Å². The third-order valence-electron chi connectivity index (χ3n) is 3.18. The van der Waals surface area contributed by atoms with Gasteiger partial charge >= 0.3 is 0 Å². The maximum Gasteiger partial charge on any atom is 0.195 e. The molecule has 0 bridgehead atoms. The third kappa shape index (κ3) is 3.97. The van der Waals surface area contributed by atoms with Crippen molar-refractivity contribution in [1.82, 2.24) is 10.3 Å². The van der Waals surface area contributed by atoms with Crippen LogP contribution in [0.4, 0.5) is 0 Å². The lowest BCUT2D eigenvalue weighted by atomic mass is 9.80. The predicted molar refractivity (Wildman–Crippen MR) is 66.5 cm³/mol. The highest BCUT2D eigenvalue weighted by Gasteiger charge is 2.21. The van der Waals surface area contributed by atoms with Crippen LogP contribution >= 0.6 is 0 Å². The molecule has 1 unspecified atom stereocenters. The Hall–Kier alpha value is -0.830. The molecule has 0 aliphatic rings. The minimum Gasteiger partial charge on any atom is -0.446 e. The van der Waals surface area contributed by atoms with E-state index in [1.807, 2.05) is 13.2 Å². The van der Waals surface area contributed by atoms with Crippen LogP contribution in [-0.2, 0) is 12.8 Å². The lowest BCUT2D eigenvalue weighted by Crippen LogP contribution is -2.19. The Morgan fingerprint density at radius 1 is 1.44 bits per heavy atom. The average molecular weight is 224 g/mol. The topological polar surface area (TPSA) is 38.1 Å². The standard InChI is InChI=1S/C13H24N2O/c1-10(13(2,3)4)8-11-9-15-12(16-11)6-7-14-5/h9-10,14H,6-8H2,1-5H3. The minimum atomic E-state index is 0.317. The van der Waals surface area contributed by atoms with E-state index in [9.17, 15) is 0 Å². The smallest absolute Gasteiger partial charge is 0.195 e. The van der Waals surface area contributed by atoms with Gasteiger partial charge in [-0.15, -0.1) is 0 Å². The minimum absolute atomic E-state index is 0.317. The van der Waals surface area contributed by atoms with Gasteiger partial charge in [0.05, 0.1) is 6.20 Å².